The Bertz CT molecular complexity index is 585. The summed E-state index contributed by atoms with van der Waals surface area (Å²) in [6.45, 7) is 2.42. The first-order valence-electron chi connectivity index (χ1n) is 5.21. The summed E-state index contributed by atoms with van der Waals surface area (Å²) in [5.41, 5.74) is 0.563. The molecule has 1 N–H and O–H groups in total. The lowest BCUT2D eigenvalue weighted by atomic mass is 10.2. The van der Waals surface area contributed by atoms with Crippen LogP contribution in [0.3, 0.4) is 0 Å². The van der Waals surface area contributed by atoms with Crippen molar-refractivity contribution in [1.82, 2.24) is 10.3 Å². The van der Waals surface area contributed by atoms with Gasteiger partial charge in [-0.05, 0) is 41.1 Å². The van der Waals surface area contributed by atoms with Gasteiger partial charge in [0.15, 0.2) is 0 Å². The van der Waals surface area contributed by atoms with Crippen molar-refractivity contribution < 1.29 is 4.79 Å². The average molecular weight is 346 g/mol. The number of carbonyl (C=O) groups is 1. The summed E-state index contributed by atoms with van der Waals surface area (Å²) < 4.78 is 0.683. The van der Waals surface area contributed by atoms with Gasteiger partial charge < -0.3 is 5.32 Å². The Hall–Kier alpha value is -0.910. The van der Waals surface area contributed by atoms with Gasteiger partial charge >= 0.3 is 0 Å². The molecule has 94 valence electrons. The second kappa shape index (κ2) is 5.82. The number of rotatable bonds is 3. The zero-order valence-electron chi connectivity index (χ0n) is 9.54. The van der Waals surface area contributed by atoms with Gasteiger partial charge in [0.05, 0.1) is 12.1 Å². The molecule has 0 aliphatic rings. The van der Waals surface area contributed by atoms with Crippen LogP contribution in [0.2, 0.25) is 5.02 Å². The van der Waals surface area contributed by atoms with Crippen LogP contribution in [0.5, 0.6) is 0 Å². The normalized spacial score (nSPS) is 10.4. The number of aromatic nitrogens is 1. The number of halogens is 2. The minimum Gasteiger partial charge on any atom is -0.345 e. The largest absolute Gasteiger partial charge is 0.345 e. The predicted molar refractivity (Wildman–Crippen MR) is 77.2 cm³/mol. The van der Waals surface area contributed by atoms with Crippen LogP contribution in [0.1, 0.15) is 20.2 Å². The maximum absolute atomic E-state index is 11.9. The van der Waals surface area contributed by atoms with Crippen LogP contribution in [0.4, 0.5) is 0 Å². The van der Waals surface area contributed by atoms with E-state index in [1.807, 2.05) is 6.92 Å². The van der Waals surface area contributed by atoms with Crippen molar-refractivity contribution in [1.29, 1.82) is 0 Å². The number of amides is 1. The van der Waals surface area contributed by atoms with Crippen LogP contribution in [0.15, 0.2) is 28.9 Å². The SMILES string of the molecule is Cc1cnc(CNC(=O)c2ccc(Cl)cc2Br)s1. The summed E-state index contributed by atoms with van der Waals surface area (Å²) in [5.74, 6) is -0.147. The molecule has 1 heterocycles. The third-order valence-electron chi connectivity index (χ3n) is 2.25. The van der Waals surface area contributed by atoms with Crippen molar-refractivity contribution in [2.75, 3.05) is 0 Å². The highest BCUT2D eigenvalue weighted by molar-refractivity contribution is 9.10. The molecule has 0 unspecified atom stereocenters. The fraction of sp³-hybridized carbons (Fsp3) is 0.167. The molecule has 1 aromatic carbocycles. The predicted octanol–water partition coefficient (Wildman–Crippen LogP) is 3.80. The van der Waals surface area contributed by atoms with Crippen LogP contribution in [0.25, 0.3) is 0 Å². The highest BCUT2D eigenvalue weighted by Gasteiger charge is 2.10. The lowest BCUT2D eigenvalue weighted by molar-refractivity contribution is 0.0950. The molecule has 0 saturated heterocycles. The standard InChI is InChI=1S/C12H10BrClN2OS/c1-7-5-15-11(18-7)6-16-12(17)9-3-2-8(14)4-10(9)13/h2-5H,6H2,1H3,(H,16,17). The van der Waals surface area contributed by atoms with Crippen LogP contribution < -0.4 is 5.32 Å². The van der Waals surface area contributed by atoms with E-state index >= 15 is 0 Å². The molecule has 0 aliphatic heterocycles. The molecule has 0 spiro atoms. The Morgan fingerprint density at radius 1 is 1.56 bits per heavy atom. The van der Waals surface area contributed by atoms with Gasteiger partial charge in [-0.1, -0.05) is 11.6 Å². The molecule has 3 nitrogen and oxygen atoms in total. The Labute approximate surface area is 122 Å². The van der Waals surface area contributed by atoms with E-state index in [2.05, 4.69) is 26.2 Å². The van der Waals surface area contributed by atoms with E-state index in [9.17, 15) is 4.79 Å². The summed E-state index contributed by atoms with van der Waals surface area (Å²) in [7, 11) is 0. The van der Waals surface area contributed by atoms with Gasteiger partial charge in [-0.2, -0.15) is 0 Å². The molecule has 2 rings (SSSR count). The van der Waals surface area contributed by atoms with E-state index in [1.54, 1.807) is 35.7 Å². The number of benzene rings is 1. The summed E-state index contributed by atoms with van der Waals surface area (Å²) >= 11 is 10.7. The average Bonchev–Trinajstić information content (AvgIpc) is 2.72. The van der Waals surface area contributed by atoms with Crippen molar-refractivity contribution in [2.45, 2.75) is 13.5 Å². The number of nitrogens with zero attached hydrogens (tertiary/aromatic N) is 1. The summed E-state index contributed by atoms with van der Waals surface area (Å²) in [6.07, 6.45) is 1.80. The summed E-state index contributed by atoms with van der Waals surface area (Å²) in [6, 6.07) is 5.08. The lowest BCUT2D eigenvalue weighted by Crippen LogP contribution is -2.23. The Balaban J connectivity index is 2.03. The molecular formula is C12H10BrClN2OS. The first-order chi connectivity index (χ1) is 8.56. The van der Waals surface area contributed by atoms with Crippen LogP contribution >= 0.6 is 38.9 Å². The second-order valence-corrected chi connectivity index (χ2v) is 6.28. The second-order valence-electron chi connectivity index (χ2n) is 3.67. The van der Waals surface area contributed by atoms with E-state index in [-0.39, 0.29) is 5.91 Å². The molecule has 18 heavy (non-hydrogen) atoms. The molecule has 0 fully saturated rings. The van der Waals surface area contributed by atoms with Crippen molar-refractivity contribution >= 4 is 44.8 Å². The maximum atomic E-state index is 11.9. The molecule has 6 heteroatoms. The number of aryl methyl sites for hydroxylation is 1. The Morgan fingerprint density at radius 3 is 2.94 bits per heavy atom. The van der Waals surface area contributed by atoms with Crippen LogP contribution in [-0.2, 0) is 6.54 Å². The first kappa shape index (κ1) is 13.5. The smallest absolute Gasteiger partial charge is 0.252 e. The highest BCUT2D eigenvalue weighted by Crippen LogP contribution is 2.21. The zero-order valence-corrected chi connectivity index (χ0v) is 12.7. The van der Waals surface area contributed by atoms with Crippen molar-refractivity contribution in [2.24, 2.45) is 0 Å². The molecule has 0 aliphatic carbocycles. The third-order valence-corrected chi connectivity index (χ3v) is 4.05. The van der Waals surface area contributed by atoms with Crippen LogP contribution in [0, 0.1) is 6.92 Å². The number of hydrogen-bond donors (Lipinski definition) is 1. The van der Waals surface area contributed by atoms with E-state index < -0.39 is 0 Å². The van der Waals surface area contributed by atoms with Gasteiger partial charge in [0, 0.05) is 20.6 Å². The van der Waals surface area contributed by atoms with Gasteiger partial charge in [-0.15, -0.1) is 11.3 Å². The van der Waals surface area contributed by atoms with Gasteiger partial charge in [0.1, 0.15) is 5.01 Å². The minimum atomic E-state index is -0.147. The molecule has 0 saturated carbocycles. The van der Waals surface area contributed by atoms with Crippen molar-refractivity contribution in [3.05, 3.63) is 49.3 Å². The van der Waals surface area contributed by atoms with Gasteiger partial charge in [-0.25, -0.2) is 4.98 Å². The van der Waals surface area contributed by atoms with Gasteiger partial charge in [0.2, 0.25) is 0 Å². The lowest BCUT2D eigenvalue weighted by Gasteiger charge is -2.05. The number of carbonyl (C=O) groups excluding carboxylic acids is 1. The van der Waals surface area contributed by atoms with Crippen molar-refractivity contribution in [3.63, 3.8) is 0 Å². The monoisotopic (exact) mass is 344 g/mol. The fourth-order valence-corrected chi connectivity index (χ4v) is 3.00. The van der Waals surface area contributed by atoms with Gasteiger partial charge in [-0.3, -0.25) is 4.79 Å². The highest BCUT2D eigenvalue weighted by atomic mass is 79.9. The molecule has 0 radical (unpaired) electrons. The quantitative estimate of drug-likeness (QED) is 0.919. The molecule has 0 bridgehead atoms. The molecule has 1 amide bonds. The molecule has 0 atom stereocenters. The Morgan fingerprint density at radius 2 is 2.33 bits per heavy atom. The maximum Gasteiger partial charge on any atom is 0.252 e. The third kappa shape index (κ3) is 3.31. The molecule has 2 aromatic rings. The van der Waals surface area contributed by atoms with E-state index in [0.717, 1.165) is 9.88 Å². The van der Waals surface area contributed by atoms with E-state index in [4.69, 9.17) is 11.6 Å². The summed E-state index contributed by atoms with van der Waals surface area (Å²) in [4.78, 5) is 17.3. The molecular weight excluding hydrogens is 336 g/mol. The van der Waals surface area contributed by atoms with E-state index in [1.165, 1.54) is 0 Å². The van der Waals surface area contributed by atoms with E-state index in [0.29, 0.717) is 21.6 Å². The molecule has 1 aromatic heterocycles. The summed E-state index contributed by atoms with van der Waals surface area (Å²) in [5, 5.41) is 4.31. The Kier molecular flexibility index (Phi) is 4.37. The van der Waals surface area contributed by atoms with Gasteiger partial charge in [0.25, 0.3) is 5.91 Å². The number of thiazole rings is 1. The topological polar surface area (TPSA) is 42.0 Å². The van der Waals surface area contributed by atoms with Crippen molar-refractivity contribution in [3.8, 4) is 0 Å². The number of hydrogen-bond acceptors (Lipinski definition) is 3. The number of nitrogens with one attached hydrogen (secondary N) is 1. The van der Waals surface area contributed by atoms with Crippen LogP contribution in [-0.4, -0.2) is 10.9 Å². The fourth-order valence-electron chi connectivity index (χ4n) is 1.41. The minimum absolute atomic E-state index is 0.147. The zero-order chi connectivity index (χ0) is 13.1. The first-order valence-corrected chi connectivity index (χ1v) is 7.19.